The second-order valence-electron chi connectivity index (χ2n) is 4.61. The maximum atomic E-state index is 6.05. The fourth-order valence-electron chi connectivity index (χ4n) is 2.06. The van der Waals surface area contributed by atoms with Gasteiger partial charge in [-0.1, -0.05) is 62.8 Å². The quantitative estimate of drug-likeness (QED) is 0.401. The minimum absolute atomic E-state index is 0.482. The van der Waals surface area contributed by atoms with E-state index in [2.05, 4.69) is 19.1 Å². The molecule has 17 heavy (non-hydrogen) atoms. The van der Waals surface area contributed by atoms with Crippen LogP contribution in [-0.4, -0.2) is 5.88 Å². The number of unbranched alkanes of at least 4 members (excludes halogenated alkanes) is 4. The Hall–Kier alpha value is -0.200. The van der Waals surface area contributed by atoms with Gasteiger partial charge in [-0.05, 0) is 30.0 Å². The Bertz CT molecular complexity index is 292. The fourth-order valence-corrected chi connectivity index (χ4v) is 2.52. The minimum atomic E-state index is 0.482. The van der Waals surface area contributed by atoms with Crippen molar-refractivity contribution in [2.75, 3.05) is 5.88 Å². The summed E-state index contributed by atoms with van der Waals surface area (Å²) in [6.45, 7) is 2.25. The van der Waals surface area contributed by atoms with Crippen molar-refractivity contribution in [2.24, 2.45) is 0 Å². The first-order valence-electron chi connectivity index (χ1n) is 6.59. The Morgan fingerprint density at radius 1 is 1.00 bits per heavy atom. The highest BCUT2D eigenvalue weighted by Gasteiger charge is 2.09. The van der Waals surface area contributed by atoms with Crippen molar-refractivity contribution < 1.29 is 0 Å². The summed E-state index contributed by atoms with van der Waals surface area (Å²) < 4.78 is 0. The van der Waals surface area contributed by atoms with Crippen LogP contribution in [0.2, 0.25) is 5.02 Å². The standard InChI is InChI=1S/C15H22Cl2/c1-2-3-4-5-6-7-14(12-16)13-8-10-15(17)11-9-13/h8-11,14H,2-7,12H2,1H3. The molecule has 0 bridgehead atoms. The van der Waals surface area contributed by atoms with Crippen LogP contribution < -0.4 is 0 Å². The highest BCUT2D eigenvalue weighted by atomic mass is 35.5. The van der Waals surface area contributed by atoms with Crippen LogP contribution in [0.25, 0.3) is 0 Å². The molecule has 0 aromatic heterocycles. The molecule has 96 valence electrons. The summed E-state index contributed by atoms with van der Waals surface area (Å²) in [6.07, 6.45) is 7.80. The molecular formula is C15H22Cl2. The molecule has 0 N–H and O–H groups in total. The van der Waals surface area contributed by atoms with Crippen LogP contribution in [0, 0.1) is 0 Å². The Balaban J connectivity index is 2.35. The molecule has 1 aromatic rings. The van der Waals surface area contributed by atoms with Gasteiger partial charge in [0.05, 0.1) is 0 Å². The summed E-state index contributed by atoms with van der Waals surface area (Å²) >= 11 is 11.9. The van der Waals surface area contributed by atoms with E-state index >= 15 is 0 Å². The lowest BCUT2D eigenvalue weighted by atomic mass is 9.94. The van der Waals surface area contributed by atoms with Crippen molar-refractivity contribution in [3.05, 3.63) is 34.9 Å². The predicted octanol–water partition coefficient (Wildman–Crippen LogP) is 6.02. The SMILES string of the molecule is CCCCCCCC(CCl)c1ccc(Cl)cc1. The summed E-state index contributed by atoms with van der Waals surface area (Å²) in [6, 6.07) is 8.10. The first-order chi connectivity index (χ1) is 8.27. The van der Waals surface area contributed by atoms with E-state index in [1.54, 1.807) is 0 Å². The molecule has 1 atom stereocenters. The van der Waals surface area contributed by atoms with Gasteiger partial charge in [0.15, 0.2) is 0 Å². The largest absolute Gasteiger partial charge is 0.126 e. The molecule has 2 heteroatoms. The van der Waals surface area contributed by atoms with Gasteiger partial charge in [0.2, 0.25) is 0 Å². The zero-order valence-electron chi connectivity index (χ0n) is 10.6. The van der Waals surface area contributed by atoms with E-state index in [0.29, 0.717) is 11.8 Å². The van der Waals surface area contributed by atoms with Crippen LogP contribution in [0.4, 0.5) is 0 Å². The number of rotatable bonds is 8. The zero-order valence-corrected chi connectivity index (χ0v) is 12.1. The highest BCUT2D eigenvalue weighted by molar-refractivity contribution is 6.30. The molecule has 0 aliphatic heterocycles. The van der Waals surface area contributed by atoms with Crippen LogP contribution in [0.5, 0.6) is 0 Å². The molecule has 0 saturated heterocycles. The van der Waals surface area contributed by atoms with Crippen molar-refractivity contribution in [2.45, 2.75) is 51.4 Å². The van der Waals surface area contributed by atoms with Gasteiger partial charge in [-0.25, -0.2) is 0 Å². The smallest absolute Gasteiger partial charge is 0.0406 e. The number of hydrogen-bond acceptors (Lipinski definition) is 0. The topological polar surface area (TPSA) is 0 Å². The van der Waals surface area contributed by atoms with Gasteiger partial charge < -0.3 is 0 Å². The maximum absolute atomic E-state index is 6.05. The van der Waals surface area contributed by atoms with Gasteiger partial charge >= 0.3 is 0 Å². The van der Waals surface area contributed by atoms with E-state index in [0.717, 1.165) is 5.02 Å². The molecule has 1 aromatic carbocycles. The molecule has 1 rings (SSSR count). The van der Waals surface area contributed by atoms with Crippen molar-refractivity contribution >= 4 is 23.2 Å². The molecule has 0 saturated carbocycles. The monoisotopic (exact) mass is 272 g/mol. The molecule has 0 aliphatic rings. The van der Waals surface area contributed by atoms with E-state index in [9.17, 15) is 0 Å². The fraction of sp³-hybridized carbons (Fsp3) is 0.600. The Morgan fingerprint density at radius 2 is 1.65 bits per heavy atom. The summed E-state index contributed by atoms with van der Waals surface area (Å²) in [5.74, 6) is 1.19. The third kappa shape index (κ3) is 5.79. The summed E-state index contributed by atoms with van der Waals surface area (Å²) in [5.41, 5.74) is 1.32. The summed E-state index contributed by atoms with van der Waals surface area (Å²) in [7, 11) is 0. The summed E-state index contributed by atoms with van der Waals surface area (Å²) in [5, 5.41) is 0.796. The molecule has 0 aliphatic carbocycles. The van der Waals surface area contributed by atoms with E-state index in [1.165, 1.54) is 44.1 Å². The van der Waals surface area contributed by atoms with Crippen LogP contribution in [0.15, 0.2) is 24.3 Å². The maximum Gasteiger partial charge on any atom is 0.0406 e. The average molecular weight is 273 g/mol. The number of benzene rings is 1. The van der Waals surface area contributed by atoms with Crippen LogP contribution in [0.1, 0.15) is 56.9 Å². The molecule has 0 heterocycles. The molecule has 0 radical (unpaired) electrons. The lowest BCUT2D eigenvalue weighted by molar-refractivity contribution is 0.569. The van der Waals surface area contributed by atoms with E-state index in [4.69, 9.17) is 23.2 Å². The van der Waals surface area contributed by atoms with E-state index in [-0.39, 0.29) is 0 Å². The first-order valence-corrected chi connectivity index (χ1v) is 7.50. The van der Waals surface area contributed by atoms with Gasteiger partial charge in [-0.3, -0.25) is 0 Å². The highest BCUT2D eigenvalue weighted by Crippen LogP contribution is 2.25. The molecule has 0 spiro atoms. The second kappa shape index (κ2) is 8.83. The molecule has 0 amide bonds. The molecular weight excluding hydrogens is 251 g/mol. The Labute approximate surface area is 115 Å². The first kappa shape index (κ1) is 14.9. The van der Waals surface area contributed by atoms with Gasteiger partial charge in [-0.15, -0.1) is 11.6 Å². The van der Waals surface area contributed by atoms with Crippen LogP contribution in [0.3, 0.4) is 0 Å². The van der Waals surface area contributed by atoms with E-state index in [1.807, 2.05) is 12.1 Å². The third-order valence-electron chi connectivity index (χ3n) is 3.18. The second-order valence-corrected chi connectivity index (χ2v) is 5.35. The van der Waals surface area contributed by atoms with Gasteiger partial charge in [0.1, 0.15) is 0 Å². The van der Waals surface area contributed by atoms with Gasteiger partial charge in [-0.2, -0.15) is 0 Å². The molecule has 0 fully saturated rings. The lowest BCUT2D eigenvalue weighted by Gasteiger charge is -2.14. The number of alkyl halides is 1. The van der Waals surface area contributed by atoms with Crippen LogP contribution >= 0.6 is 23.2 Å². The van der Waals surface area contributed by atoms with Gasteiger partial charge in [0.25, 0.3) is 0 Å². The van der Waals surface area contributed by atoms with Crippen molar-refractivity contribution in [3.63, 3.8) is 0 Å². The van der Waals surface area contributed by atoms with Crippen molar-refractivity contribution in [3.8, 4) is 0 Å². The Kier molecular flexibility index (Phi) is 7.72. The number of hydrogen-bond donors (Lipinski definition) is 0. The Morgan fingerprint density at radius 3 is 2.24 bits per heavy atom. The van der Waals surface area contributed by atoms with Crippen molar-refractivity contribution in [1.29, 1.82) is 0 Å². The molecule has 0 nitrogen and oxygen atoms in total. The van der Waals surface area contributed by atoms with E-state index < -0.39 is 0 Å². The third-order valence-corrected chi connectivity index (χ3v) is 3.81. The predicted molar refractivity (Wildman–Crippen MR) is 78.3 cm³/mol. The lowest BCUT2D eigenvalue weighted by Crippen LogP contribution is -2.00. The van der Waals surface area contributed by atoms with Crippen LogP contribution in [-0.2, 0) is 0 Å². The van der Waals surface area contributed by atoms with Gasteiger partial charge in [0, 0.05) is 10.9 Å². The summed E-state index contributed by atoms with van der Waals surface area (Å²) in [4.78, 5) is 0. The normalized spacial score (nSPS) is 12.6. The van der Waals surface area contributed by atoms with Crippen molar-refractivity contribution in [1.82, 2.24) is 0 Å². The average Bonchev–Trinajstić information content (AvgIpc) is 2.35. The minimum Gasteiger partial charge on any atom is -0.126 e. The zero-order chi connectivity index (χ0) is 12.5. The molecule has 1 unspecified atom stereocenters. The number of halogens is 2.